The smallest absolute Gasteiger partial charge is 0.241 e. The quantitative estimate of drug-likeness (QED) is 0.411. The van der Waals surface area contributed by atoms with Gasteiger partial charge in [0.1, 0.15) is 5.75 Å². The summed E-state index contributed by atoms with van der Waals surface area (Å²) in [4.78, 5) is 0.0836. The van der Waals surface area contributed by atoms with Gasteiger partial charge >= 0.3 is 0 Å². The molecule has 0 aromatic heterocycles. The van der Waals surface area contributed by atoms with E-state index in [4.69, 9.17) is 39.5 Å². The Balaban J connectivity index is 1.65. The van der Waals surface area contributed by atoms with Crippen molar-refractivity contribution in [2.45, 2.75) is 23.4 Å². The molecule has 2 atom stereocenters. The summed E-state index contributed by atoms with van der Waals surface area (Å²) in [6, 6.07) is 17.6. The highest BCUT2D eigenvalue weighted by atomic mass is 35.5. The van der Waals surface area contributed by atoms with Crippen LogP contribution < -0.4 is 14.9 Å². The van der Waals surface area contributed by atoms with Crippen molar-refractivity contribution in [3.63, 3.8) is 0 Å². The molecule has 3 aromatic carbocycles. The number of methoxy groups -OCH3 is 1. The normalized spacial score (nSPS) is 16.7. The van der Waals surface area contributed by atoms with Gasteiger partial charge in [-0.3, -0.25) is 0 Å². The van der Waals surface area contributed by atoms with E-state index in [-0.39, 0.29) is 10.9 Å². The molecule has 4 rings (SSSR count). The number of hydrogen-bond donors (Lipinski definition) is 2. The second-order valence-corrected chi connectivity index (χ2v) is 10.4. The predicted octanol–water partition coefficient (Wildman–Crippen LogP) is 5.77. The fourth-order valence-corrected chi connectivity index (χ4v) is 5.40. The van der Waals surface area contributed by atoms with Crippen LogP contribution in [0.2, 0.25) is 15.1 Å². The lowest BCUT2D eigenvalue weighted by Gasteiger charge is -2.21. The monoisotopic (exact) mass is 523 g/mol. The number of hydrogen-bond acceptors (Lipinski definition) is 5. The maximum Gasteiger partial charge on any atom is 0.241 e. The fraction of sp³-hybridized carbons (Fsp3) is 0.174. The van der Waals surface area contributed by atoms with E-state index in [1.165, 1.54) is 24.3 Å². The number of hydrazone groups is 1. The van der Waals surface area contributed by atoms with Crippen LogP contribution in [-0.2, 0) is 10.0 Å². The molecule has 0 saturated heterocycles. The van der Waals surface area contributed by atoms with Crippen LogP contribution in [0.15, 0.2) is 76.7 Å². The van der Waals surface area contributed by atoms with Gasteiger partial charge in [0.25, 0.3) is 0 Å². The van der Waals surface area contributed by atoms with Gasteiger partial charge in [0.05, 0.1) is 29.8 Å². The van der Waals surface area contributed by atoms with E-state index in [0.717, 1.165) is 11.3 Å². The van der Waals surface area contributed by atoms with Gasteiger partial charge in [-0.2, -0.15) is 9.82 Å². The molecule has 0 spiro atoms. The first kappa shape index (κ1) is 23.9. The van der Waals surface area contributed by atoms with E-state index in [2.05, 4.69) is 15.2 Å². The Bertz CT molecular complexity index is 1280. The average Bonchev–Trinajstić information content (AvgIpc) is 3.28. The van der Waals surface area contributed by atoms with Crippen molar-refractivity contribution < 1.29 is 13.2 Å². The molecule has 1 aliphatic rings. The summed E-state index contributed by atoms with van der Waals surface area (Å²) in [7, 11) is -2.30. The van der Waals surface area contributed by atoms with E-state index in [0.29, 0.717) is 32.8 Å². The molecule has 0 radical (unpaired) electrons. The van der Waals surface area contributed by atoms with Crippen molar-refractivity contribution in [2.75, 3.05) is 7.11 Å². The first-order valence-electron chi connectivity index (χ1n) is 9.95. The van der Waals surface area contributed by atoms with Crippen LogP contribution in [0.5, 0.6) is 5.75 Å². The number of rotatable bonds is 7. The Morgan fingerprint density at radius 2 is 1.67 bits per heavy atom. The Labute approximate surface area is 207 Å². The Morgan fingerprint density at radius 1 is 1.00 bits per heavy atom. The molecule has 6 nitrogen and oxygen atoms in total. The second-order valence-electron chi connectivity index (χ2n) is 7.44. The molecule has 1 heterocycles. The zero-order chi connectivity index (χ0) is 23.6. The lowest BCUT2D eigenvalue weighted by molar-refractivity contribution is 0.414. The third-order valence-corrected chi connectivity index (χ3v) is 7.55. The van der Waals surface area contributed by atoms with Crippen molar-refractivity contribution in [2.24, 2.45) is 5.10 Å². The Hall–Kier alpha value is -2.29. The average molecular weight is 525 g/mol. The van der Waals surface area contributed by atoms with E-state index in [9.17, 15) is 8.42 Å². The number of benzene rings is 3. The highest BCUT2D eigenvalue weighted by molar-refractivity contribution is 7.89. The standard InChI is InChI=1S/C23H20Cl3N3O3S/c1-32-17-7-2-14(3-8-17)21-13-22(28-27-21)23(19-11-6-16(25)12-20(19)26)29-33(30,31)18-9-4-15(24)5-10-18/h2-12,21,23,27,29H,13H2,1H3. The van der Waals surface area contributed by atoms with Crippen LogP contribution in [0, 0.1) is 0 Å². The first-order valence-corrected chi connectivity index (χ1v) is 12.6. The van der Waals surface area contributed by atoms with Crippen LogP contribution in [0.1, 0.15) is 29.6 Å². The van der Waals surface area contributed by atoms with Crippen molar-refractivity contribution in [3.05, 3.63) is 92.9 Å². The SMILES string of the molecule is COc1ccc(C2CC(C(NS(=O)(=O)c3ccc(Cl)cc3)c3ccc(Cl)cc3Cl)=NN2)cc1. The molecule has 2 unspecified atom stereocenters. The first-order chi connectivity index (χ1) is 15.8. The molecule has 2 N–H and O–H groups in total. The zero-order valence-corrected chi connectivity index (χ0v) is 20.5. The van der Waals surface area contributed by atoms with Crippen molar-refractivity contribution >= 4 is 50.5 Å². The molecule has 3 aromatic rings. The van der Waals surface area contributed by atoms with Gasteiger partial charge in [-0.05, 0) is 59.7 Å². The molecule has 172 valence electrons. The van der Waals surface area contributed by atoms with Gasteiger partial charge in [0, 0.05) is 21.5 Å². The minimum atomic E-state index is -3.91. The molecular formula is C23H20Cl3N3O3S. The summed E-state index contributed by atoms with van der Waals surface area (Å²) in [5, 5.41) is 5.69. The topological polar surface area (TPSA) is 79.8 Å². The van der Waals surface area contributed by atoms with Gasteiger partial charge in [0.15, 0.2) is 0 Å². The summed E-state index contributed by atoms with van der Waals surface area (Å²) < 4.78 is 34.3. The molecule has 0 bridgehead atoms. The number of ether oxygens (including phenoxy) is 1. The molecule has 33 heavy (non-hydrogen) atoms. The maximum absolute atomic E-state index is 13.2. The molecule has 0 amide bonds. The van der Waals surface area contributed by atoms with Crippen LogP contribution in [0.4, 0.5) is 0 Å². The third kappa shape index (κ3) is 5.45. The Morgan fingerprint density at radius 3 is 2.30 bits per heavy atom. The van der Waals surface area contributed by atoms with E-state index in [1.807, 2.05) is 24.3 Å². The van der Waals surface area contributed by atoms with Crippen LogP contribution in [0.25, 0.3) is 0 Å². The molecule has 0 aliphatic carbocycles. The zero-order valence-electron chi connectivity index (χ0n) is 17.4. The van der Waals surface area contributed by atoms with Gasteiger partial charge in [0.2, 0.25) is 10.0 Å². The number of halogens is 3. The summed E-state index contributed by atoms with van der Waals surface area (Å²) in [6.07, 6.45) is 0.471. The molecule has 10 heteroatoms. The van der Waals surface area contributed by atoms with Crippen molar-refractivity contribution in [3.8, 4) is 5.75 Å². The highest BCUT2D eigenvalue weighted by Crippen LogP contribution is 2.33. The number of nitrogens with one attached hydrogen (secondary N) is 2. The van der Waals surface area contributed by atoms with E-state index in [1.54, 1.807) is 25.3 Å². The van der Waals surface area contributed by atoms with Gasteiger partial charge in [-0.15, -0.1) is 0 Å². The molecule has 1 aliphatic heterocycles. The van der Waals surface area contributed by atoms with Crippen LogP contribution in [-0.4, -0.2) is 21.2 Å². The van der Waals surface area contributed by atoms with Crippen LogP contribution in [0.3, 0.4) is 0 Å². The van der Waals surface area contributed by atoms with Crippen LogP contribution >= 0.6 is 34.8 Å². The highest BCUT2D eigenvalue weighted by Gasteiger charge is 2.32. The summed E-state index contributed by atoms with van der Waals surface area (Å²) >= 11 is 18.4. The number of nitrogens with zero attached hydrogens (tertiary/aromatic N) is 1. The van der Waals surface area contributed by atoms with Crippen molar-refractivity contribution in [1.82, 2.24) is 10.1 Å². The minimum Gasteiger partial charge on any atom is -0.497 e. The molecule has 0 saturated carbocycles. The molecule has 0 fully saturated rings. The second kappa shape index (κ2) is 9.91. The van der Waals surface area contributed by atoms with Gasteiger partial charge in [-0.1, -0.05) is 53.0 Å². The van der Waals surface area contributed by atoms with E-state index < -0.39 is 16.1 Å². The lowest BCUT2D eigenvalue weighted by Crippen LogP contribution is -2.33. The minimum absolute atomic E-state index is 0.0836. The number of sulfonamides is 1. The maximum atomic E-state index is 13.2. The predicted molar refractivity (Wildman–Crippen MR) is 132 cm³/mol. The fourth-order valence-electron chi connectivity index (χ4n) is 3.56. The summed E-state index contributed by atoms with van der Waals surface area (Å²) in [5.41, 5.74) is 5.24. The summed E-state index contributed by atoms with van der Waals surface area (Å²) in [5.74, 6) is 0.749. The van der Waals surface area contributed by atoms with Gasteiger partial charge in [-0.25, -0.2) is 8.42 Å². The third-order valence-electron chi connectivity index (χ3n) is 5.30. The molecular weight excluding hydrogens is 505 g/mol. The van der Waals surface area contributed by atoms with Crippen molar-refractivity contribution in [1.29, 1.82) is 0 Å². The largest absolute Gasteiger partial charge is 0.497 e. The Kier molecular flexibility index (Phi) is 7.16. The lowest BCUT2D eigenvalue weighted by atomic mass is 9.96. The van der Waals surface area contributed by atoms with Gasteiger partial charge < -0.3 is 10.2 Å². The summed E-state index contributed by atoms with van der Waals surface area (Å²) in [6.45, 7) is 0. The van der Waals surface area contributed by atoms with E-state index >= 15 is 0 Å².